The molecule has 4 heterocycles. The molecule has 2 aromatic heterocycles. The Morgan fingerprint density at radius 1 is 0.672 bits per heavy atom. The molecule has 61 heavy (non-hydrogen) atoms. The number of halogens is 2. The van der Waals surface area contributed by atoms with Gasteiger partial charge >= 0.3 is 12.2 Å². The summed E-state index contributed by atoms with van der Waals surface area (Å²) in [5.74, 6) is -2.39. The molecular formula is C45H56F2N8O6. The lowest BCUT2D eigenvalue weighted by Gasteiger charge is -2.46. The van der Waals surface area contributed by atoms with E-state index in [1.165, 1.54) is 14.2 Å². The van der Waals surface area contributed by atoms with E-state index in [2.05, 4.69) is 25.6 Å². The number of alkyl carbamates (subject to hydrolysis) is 2. The Morgan fingerprint density at radius 3 is 1.61 bits per heavy atom. The summed E-state index contributed by atoms with van der Waals surface area (Å²) in [6.45, 7) is 8.01. The fourth-order valence-electron chi connectivity index (χ4n) is 9.24. The van der Waals surface area contributed by atoms with Gasteiger partial charge in [0.05, 0.1) is 50.1 Å². The van der Waals surface area contributed by atoms with Crippen molar-refractivity contribution < 1.29 is 37.4 Å². The molecule has 14 nitrogen and oxygen atoms in total. The maximum absolute atomic E-state index is 14.4. The lowest BCUT2D eigenvalue weighted by molar-refractivity contribution is -0.147. The van der Waals surface area contributed by atoms with Crippen LogP contribution < -0.4 is 10.6 Å². The highest BCUT2D eigenvalue weighted by atomic mass is 19.3. The number of methoxy groups -OCH3 is 2. The van der Waals surface area contributed by atoms with E-state index in [9.17, 15) is 28.0 Å². The summed E-state index contributed by atoms with van der Waals surface area (Å²) in [5.41, 5.74) is 4.66. The molecule has 2 saturated heterocycles. The lowest BCUT2D eigenvalue weighted by atomic mass is 9.77. The lowest BCUT2D eigenvalue weighted by Crippen LogP contribution is -2.58. The van der Waals surface area contributed by atoms with Crippen LogP contribution in [0.2, 0.25) is 0 Å². The van der Waals surface area contributed by atoms with E-state index in [0.717, 1.165) is 46.5 Å². The third kappa shape index (κ3) is 8.99. The zero-order valence-corrected chi connectivity index (χ0v) is 35.6. The highest BCUT2D eigenvalue weighted by molar-refractivity contribution is 5.88. The monoisotopic (exact) mass is 842 g/mol. The molecule has 7 rings (SSSR count). The van der Waals surface area contributed by atoms with E-state index in [-0.39, 0.29) is 55.4 Å². The van der Waals surface area contributed by atoms with Gasteiger partial charge in [-0.25, -0.2) is 28.3 Å². The maximum atomic E-state index is 14.4. The van der Waals surface area contributed by atoms with Gasteiger partial charge in [0.15, 0.2) is 0 Å². The number of ether oxygens (including phenoxy) is 2. The second kappa shape index (κ2) is 17.7. The Bertz CT molecular complexity index is 2190. The van der Waals surface area contributed by atoms with Crippen molar-refractivity contribution >= 4 is 24.0 Å². The number of H-pyrrole nitrogens is 2. The molecule has 4 atom stereocenters. The molecule has 326 valence electrons. The molecule has 2 aliphatic heterocycles. The molecule has 16 heteroatoms. The van der Waals surface area contributed by atoms with E-state index < -0.39 is 41.8 Å². The van der Waals surface area contributed by atoms with Gasteiger partial charge in [0.25, 0.3) is 0 Å². The van der Waals surface area contributed by atoms with E-state index in [1.54, 1.807) is 22.2 Å². The predicted octanol–water partition coefficient (Wildman–Crippen LogP) is 8.17. The Hall–Kier alpha value is -5.80. The number of carbonyl (C=O) groups excluding carboxylic acids is 4. The molecule has 4 aromatic rings. The topological polar surface area (TPSA) is 175 Å². The van der Waals surface area contributed by atoms with E-state index >= 15 is 0 Å². The number of nitrogens with zero attached hydrogens (tertiary/aromatic N) is 4. The average Bonchev–Trinajstić information content (AvgIpc) is 4.09. The first-order valence-electron chi connectivity index (χ1n) is 21.1. The predicted molar refractivity (Wildman–Crippen MR) is 224 cm³/mol. The van der Waals surface area contributed by atoms with Crippen molar-refractivity contribution in [3.8, 4) is 33.6 Å². The van der Waals surface area contributed by atoms with Crippen LogP contribution in [0.4, 0.5) is 18.4 Å². The van der Waals surface area contributed by atoms with E-state index in [0.29, 0.717) is 31.0 Å². The Labute approximate surface area is 354 Å². The summed E-state index contributed by atoms with van der Waals surface area (Å²) in [5, 5.41) is 5.37. The number of aromatic amines is 2. The molecule has 2 aromatic carbocycles. The van der Waals surface area contributed by atoms with Gasteiger partial charge in [-0.05, 0) is 72.6 Å². The molecule has 4 N–H and O–H groups in total. The smallest absolute Gasteiger partial charge is 0.407 e. The molecule has 4 amide bonds. The van der Waals surface area contributed by atoms with Crippen LogP contribution in [-0.4, -0.2) is 98.0 Å². The summed E-state index contributed by atoms with van der Waals surface area (Å²) < 4.78 is 38.4. The van der Waals surface area contributed by atoms with Gasteiger partial charge < -0.3 is 39.9 Å². The van der Waals surface area contributed by atoms with Crippen LogP contribution in [0, 0.1) is 11.8 Å². The zero-order valence-electron chi connectivity index (χ0n) is 35.6. The number of carbonyl (C=O) groups is 4. The molecule has 1 saturated carbocycles. The molecule has 1 spiro atoms. The van der Waals surface area contributed by atoms with Crippen molar-refractivity contribution in [1.82, 2.24) is 40.4 Å². The van der Waals surface area contributed by atoms with Crippen molar-refractivity contribution in [3.05, 3.63) is 72.6 Å². The average molecular weight is 843 g/mol. The molecule has 3 fully saturated rings. The first-order valence-corrected chi connectivity index (χ1v) is 21.1. The number of alkyl halides is 2. The molecule has 3 aliphatic rings. The fraction of sp³-hybridized carbons (Fsp3) is 0.511. The summed E-state index contributed by atoms with van der Waals surface area (Å²) in [7, 11) is 2.52. The van der Waals surface area contributed by atoms with E-state index in [1.807, 2.05) is 76.2 Å². The van der Waals surface area contributed by atoms with Gasteiger partial charge in [-0.15, -0.1) is 0 Å². The van der Waals surface area contributed by atoms with Crippen LogP contribution in [0.3, 0.4) is 0 Å². The standard InChI is InChI=1S/C45H56F2N8O6/c1-26(2)36(52-42(58)60-5)40(56)54-23-7-8-34(54)38-48-24-32(50-38)30-13-9-28(10-14-30)29-11-15-31(16-12-29)33-25-49-39(51-33)35-17-18-44(19-21-45(46,47)22-20-44)55(35)41(57)37(27(3)4)53-43(59)61-6/h9-16,24-27,34-37H,7-8,17-23H2,1-6H3,(H,48,50)(H,49,51)(H,52,58)(H,53,59)/t34-,35?,36-,37?/m0/s1. The summed E-state index contributed by atoms with van der Waals surface area (Å²) in [4.78, 5) is 72.0. The third-order valence-electron chi connectivity index (χ3n) is 12.7. The largest absolute Gasteiger partial charge is 0.453 e. The number of rotatable bonds is 11. The molecular weight excluding hydrogens is 787 g/mol. The Kier molecular flexibility index (Phi) is 12.5. The Balaban J connectivity index is 1.05. The highest BCUT2D eigenvalue weighted by Gasteiger charge is 2.55. The van der Waals surface area contributed by atoms with Crippen LogP contribution >= 0.6 is 0 Å². The van der Waals surface area contributed by atoms with Gasteiger partial charge in [0.2, 0.25) is 17.7 Å². The van der Waals surface area contributed by atoms with Gasteiger partial charge in [-0.3, -0.25) is 9.59 Å². The van der Waals surface area contributed by atoms with Crippen molar-refractivity contribution in [2.75, 3.05) is 20.8 Å². The number of imidazole rings is 2. The quantitative estimate of drug-likeness (QED) is 0.117. The maximum Gasteiger partial charge on any atom is 0.407 e. The van der Waals surface area contributed by atoms with Crippen LogP contribution in [0.25, 0.3) is 33.6 Å². The normalized spacial score (nSPS) is 20.5. The van der Waals surface area contributed by atoms with Gasteiger partial charge in [-0.1, -0.05) is 76.2 Å². The van der Waals surface area contributed by atoms with Crippen LogP contribution in [-0.2, 0) is 19.1 Å². The van der Waals surface area contributed by atoms with Crippen molar-refractivity contribution in [2.24, 2.45) is 11.8 Å². The zero-order chi connectivity index (χ0) is 43.6. The molecule has 2 unspecified atom stereocenters. The van der Waals surface area contributed by atoms with Gasteiger partial charge in [-0.2, -0.15) is 0 Å². The third-order valence-corrected chi connectivity index (χ3v) is 12.7. The highest BCUT2D eigenvalue weighted by Crippen LogP contribution is 2.52. The summed E-state index contributed by atoms with van der Waals surface area (Å²) >= 11 is 0. The minimum atomic E-state index is -2.77. The molecule has 1 aliphatic carbocycles. The van der Waals surface area contributed by atoms with Crippen molar-refractivity contribution in [2.45, 2.75) is 115 Å². The fourth-order valence-corrected chi connectivity index (χ4v) is 9.24. The Morgan fingerprint density at radius 2 is 1.13 bits per heavy atom. The number of hydrogen-bond acceptors (Lipinski definition) is 8. The number of likely N-dealkylation sites (tertiary alicyclic amines) is 2. The van der Waals surface area contributed by atoms with Gasteiger partial charge in [0, 0.05) is 24.9 Å². The minimum absolute atomic E-state index is 0.124. The number of amides is 4. The second-order valence-electron chi connectivity index (χ2n) is 17.3. The first kappa shape index (κ1) is 43.3. The minimum Gasteiger partial charge on any atom is -0.453 e. The second-order valence-corrected chi connectivity index (χ2v) is 17.3. The number of hydrogen-bond donors (Lipinski definition) is 4. The summed E-state index contributed by atoms with van der Waals surface area (Å²) in [6.07, 6.45) is 4.58. The van der Waals surface area contributed by atoms with Crippen LogP contribution in [0.5, 0.6) is 0 Å². The molecule has 0 bridgehead atoms. The number of benzene rings is 2. The molecule has 0 radical (unpaired) electrons. The van der Waals surface area contributed by atoms with Crippen molar-refractivity contribution in [1.29, 1.82) is 0 Å². The van der Waals surface area contributed by atoms with Gasteiger partial charge in [0.1, 0.15) is 23.7 Å². The number of aromatic nitrogens is 4. The van der Waals surface area contributed by atoms with Crippen molar-refractivity contribution in [3.63, 3.8) is 0 Å². The van der Waals surface area contributed by atoms with E-state index in [4.69, 9.17) is 14.5 Å². The number of nitrogens with one attached hydrogen (secondary N) is 4. The SMILES string of the molecule is COC(=O)NC(C(=O)N1C(c2ncc(-c3ccc(-c4ccc(-c5cnc([C@@H]6CCCN6C(=O)[C@@H](NC(=O)OC)C(C)C)[nH]5)cc4)cc3)[nH]2)CCC12CCC(F)(F)CC2)C(C)C. The van der Waals surface area contributed by atoms with Crippen LogP contribution in [0.1, 0.15) is 103 Å². The summed E-state index contributed by atoms with van der Waals surface area (Å²) in [6, 6.07) is 13.8. The van der Waals surface area contributed by atoms with Crippen LogP contribution in [0.15, 0.2) is 60.9 Å². The first-order chi connectivity index (χ1) is 29.1.